The summed E-state index contributed by atoms with van der Waals surface area (Å²) in [5.41, 5.74) is 2.04. The normalized spacial score (nSPS) is 10.1. The molecule has 0 aliphatic carbocycles. The van der Waals surface area contributed by atoms with Crippen LogP contribution in [-0.2, 0) is 0 Å². The van der Waals surface area contributed by atoms with Gasteiger partial charge < -0.3 is 0 Å². The second kappa shape index (κ2) is 4.11. The Morgan fingerprint density at radius 2 is 1.86 bits per heavy atom. The first kappa shape index (κ1) is 9.69. The van der Waals surface area contributed by atoms with Gasteiger partial charge in [0.05, 0.1) is 0 Å². The van der Waals surface area contributed by atoms with Crippen molar-refractivity contribution >= 4 is 27.5 Å². The molecule has 3 heteroatoms. The highest BCUT2D eigenvalue weighted by molar-refractivity contribution is 9.10. The number of pyridine rings is 1. The van der Waals surface area contributed by atoms with Gasteiger partial charge in [-0.1, -0.05) is 35.9 Å². The van der Waals surface area contributed by atoms with Crippen molar-refractivity contribution in [3.63, 3.8) is 0 Å². The molecule has 0 unspecified atom stereocenters. The summed E-state index contributed by atoms with van der Waals surface area (Å²) in [5.74, 6) is 0. The van der Waals surface area contributed by atoms with E-state index in [1.54, 1.807) is 6.20 Å². The lowest BCUT2D eigenvalue weighted by atomic mass is 10.1. The maximum atomic E-state index is 6.06. The Bertz CT molecular complexity index is 439. The van der Waals surface area contributed by atoms with Crippen LogP contribution in [0.5, 0.6) is 0 Å². The molecule has 0 aliphatic rings. The van der Waals surface area contributed by atoms with Crippen LogP contribution in [0.2, 0.25) is 5.02 Å². The molecule has 0 saturated carbocycles. The van der Waals surface area contributed by atoms with E-state index in [2.05, 4.69) is 20.9 Å². The highest BCUT2D eigenvalue weighted by Crippen LogP contribution is 2.27. The maximum Gasteiger partial charge on any atom is 0.106 e. The molecule has 0 N–H and O–H groups in total. The van der Waals surface area contributed by atoms with Crippen LogP contribution >= 0.6 is 27.5 Å². The van der Waals surface area contributed by atoms with Crippen molar-refractivity contribution in [2.45, 2.75) is 0 Å². The number of benzene rings is 1. The Hall–Kier alpha value is -0.860. The molecule has 1 nitrogen and oxygen atoms in total. The summed E-state index contributed by atoms with van der Waals surface area (Å²) in [6.45, 7) is 0. The first-order valence-electron chi connectivity index (χ1n) is 4.14. The molecule has 0 atom stereocenters. The minimum Gasteiger partial charge on any atom is -0.249 e. The summed E-state index contributed by atoms with van der Waals surface area (Å²) in [7, 11) is 0. The third-order valence-electron chi connectivity index (χ3n) is 1.91. The van der Waals surface area contributed by atoms with Crippen LogP contribution in [0.3, 0.4) is 0 Å². The molecule has 2 aromatic rings. The zero-order chi connectivity index (χ0) is 9.97. The van der Waals surface area contributed by atoms with E-state index in [9.17, 15) is 0 Å². The Kier molecular flexibility index (Phi) is 2.85. The van der Waals surface area contributed by atoms with E-state index >= 15 is 0 Å². The van der Waals surface area contributed by atoms with Crippen LogP contribution in [0.1, 0.15) is 0 Å². The van der Waals surface area contributed by atoms with E-state index < -0.39 is 0 Å². The molecule has 0 aliphatic heterocycles. The minimum atomic E-state index is 0.747. The average Bonchev–Trinajstić information content (AvgIpc) is 2.20. The van der Waals surface area contributed by atoms with Gasteiger partial charge in [0.15, 0.2) is 0 Å². The number of aromatic nitrogens is 1. The van der Waals surface area contributed by atoms with Crippen molar-refractivity contribution in [1.29, 1.82) is 0 Å². The molecule has 0 bridgehead atoms. The molecular weight excluding hydrogens is 261 g/mol. The Morgan fingerprint density at radius 3 is 2.50 bits per heavy atom. The fraction of sp³-hybridized carbons (Fsp3) is 0. The van der Waals surface area contributed by atoms with Crippen LogP contribution in [0.15, 0.2) is 47.2 Å². The average molecular weight is 269 g/mol. The monoisotopic (exact) mass is 267 g/mol. The van der Waals surface area contributed by atoms with Crippen LogP contribution in [-0.4, -0.2) is 4.98 Å². The maximum absolute atomic E-state index is 6.06. The van der Waals surface area contributed by atoms with Crippen molar-refractivity contribution in [3.05, 3.63) is 52.2 Å². The molecule has 0 amide bonds. The van der Waals surface area contributed by atoms with E-state index in [0.29, 0.717) is 0 Å². The fourth-order valence-corrected chi connectivity index (χ4v) is 1.71. The Labute approximate surface area is 95.9 Å². The topological polar surface area (TPSA) is 12.9 Å². The number of nitrogens with zero attached hydrogens (tertiary/aromatic N) is 1. The van der Waals surface area contributed by atoms with E-state index in [0.717, 1.165) is 20.8 Å². The number of hydrogen-bond acceptors (Lipinski definition) is 1. The molecule has 0 spiro atoms. The summed E-state index contributed by atoms with van der Waals surface area (Å²) >= 11 is 9.35. The van der Waals surface area contributed by atoms with Gasteiger partial charge >= 0.3 is 0 Å². The van der Waals surface area contributed by atoms with Gasteiger partial charge in [0, 0.05) is 22.3 Å². The Balaban J connectivity index is 2.50. The number of hydrogen-bond donors (Lipinski definition) is 0. The lowest BCUT2D eigenvalue weighted by Gasteiger charge is -2.02. The third-order valence-corrected chi connectivity index (χ3v) is 2.71. The largest absolute Gasteiger partial charge is 0.249 e. The minimum absolute atomic E-state index is 0.747. The number of halogens is 2. The molecule has 1 heterocycles. The molecule has 14 heavy (non-hydrogen) atoms. The molecular formula is C11H7BrClN. The van der Waals surface area contributed by atoms with Gasteiger partial charge in [0.25, 0.3) is 0 Å². The Morgan fingerprint density at radius 1 is 1.07 bits per heavy atom. The highest BCUT2D eigenvalue weighted by atomic mass is 79.9. The zero-order valence-electron chi connectivity index (χ0n) is 7.24. The quantitative estimate of drug-likeness (QED) is 0.708. The second-order valence-electron chi connectivity index (χ2n) is 2.85. The van der Waals surface area contributed by atoms with Crippen molar-refractivity contribution < 1.29 is 0 Å². The zero-order valence-corrected chi connectivity index (χ0v) is 9.59. The first-order chi connectivity index (χ1) is 6.77. The predicted octanol–water partition coefficient (Wildman–Crippen LogP) is 4.16. The van der Waals surface area contributed by atoms with E-state index in [1.165, 1.54) is 0 Å². The van der Waals surface area contributed by atoms with Gasteiger partial charge in [-0.25, -0.2) is 4.98 Å². The summed E-state index contributed by atoms with van der Waals surface area (Å²) in [6, 6.07) is 11.6. The molecule has 0 fully saturated rings. The van der Waals surface area contributed by atoms with Gasteiger partial charge in [-0.3, -0.25) is 0 Å². The molecule has 0 saturated heterocycles. The van der Waals surface area contributed by atoms with Crippen LogP contribution in [0, 0.1) is 0 Å². The highest BCUT2D eigenvalue weighted by Gasteiger charge is 2.01. The summed E-state index contributed by atoms with van der Waals surface area (Å²) in [4.78, 5) is 4.15. The molecule has 2 rings (SSSR count). The van der Waals surface area contributed by atoms with E-state index in [4.69, 9.17) is 11.6 Å². The van der Waals surface area contributed by atoms with Gasteiger partial charge in [0.1, 0.15) is 4.60 Å². The fourth-order valence-electron chi connectivity index (χ4n) is 1.23. The summed E-state index contributed by atoms with van der Waals surface area (Å²) in [6.07, 6.45) is 1.80. The van der Waals surface area contributed by atoms with Crippen LogP contribution < -0.4 is 0 Å². The van der Waals surface area contributed by atoms with Crippen molar-refractivity contribution in [2.24, 2.45) is 0 Å². The second-order valence-corrected chi connectivity index (χ2v) is 4.07. The van der Waals surface area contributed by atoms with Gasteiger partial charge in [-0.05, 0) is 28.1 Å². The van der Waals surface area contributed by atoms with Crippen LogP contribution in [0.4, 0.5) is 0 Å². The lowest BCUT2D eigenvalue weighted by Crippen LogP contribution is -1.81. The molecule has 0 radical (unpaired) electrons. The number of rotatable bonds is 1. The van der Waals surface area contributed by atoms with E-state index in [-0.39, 0.29) is 0 Å². The van der Waals surface area contributed by atoms with Crippen molar-refractivity contribution in [3.8, 4) is 11.1 Å². The standard InChI is InChI=1S/C11H7BrClN/c12-11-6-5-8(7-14-11)9-3-1-2-4-10(9)13/h1-7H. The smallest absolute Gasteiger partial charge is 0.106 e. The molecule has 70 valence electrons. The third kappa shape index (κ3) is 1.97. The van der Waals surface area contributed by atoms with Crippen molar-refractivity contribution in [1.82, 2.24) is 4.98 Å². The van der Waals surface area contributed by atoms with Crippen molar-refractivity contribution in [2.75, 3.05) is 0 Å². The first-order valence-corrected chi connectivity index (χ1v) is 5.31. The summed E-state index contributed by atoms with van der Waals surface area (Å²) in [5, 5.41) is 0.747. The van der Waals surface area contributed by atoms with E-state index in [1.807, 2.05) is 36.4 Å². The molecule has 1 aromatic heterocycles. The SMILES string of the molecule is Clc1ccccc1-c1ccc(Br)nc1. The molecule has 1 aromatic carbocycles. The van der Waals surface area contributed by atoms with Gasteiger partial charge in [-0.2, -0.15) is 0 Å². The van der Waals surface area contributed by atoms with Gasteiger partial charge in [0.2, 0.25) is 0 Å². The van der Waals surface area contributed by atoms with Gasteiger partial charge in [-0.15, -0.1) is 0 Å². The lowest BCUT2D eigenvalue weighted by molar-refractivity contribution is 1.28. The van der Waals surface area contributed by atoms with Crippen LogP contribution in [0.25, 0.3) is 11.1 Å². The summed E-state index contributed by atoms with van der Waals surface area (Å²) < 4.78 is 0.827. The predicted molar refractivity (Wildman–Crippen MR) is 62.4 cm³/mol.